The zero-order chi connectivity index (χ0) is 41.2. The number of rotatable bonds is 22. The molecule has 1 aromatic rings. The molecule has 2 aliphatic heterocycles. The summed E-state index contributed by atoms with van der Waals surface area (Å²) < 4.78 is 11.6. The van der Waals surface area contributed by atoms with Gasteiger partial charge in [0, 0.05) is 25.6 Å². The summed E-state index contributed by atoms with van der Waals surface area (Å²) >= 11 is 0. The molecule has 0 saturated carbocycles. The highest BCUT2D eigenvalue weighted by atomic mass is 16.5. The van der Waals surface area contributed by atoms with E-state index in [1.807, 2.05) is 0 Å². The van der Waals surface area contributed by atoms with Crippen LogP contribution in [0.25, 0.3) is 0 Å². The number of carbonyl (C=O) groups is 6. The second kappa shape index (κ2) is 23.1. The van der Waals surface area contributed by atoms with E-state index in [1.165, 1.54) is 12.1 Å². The molecule has 17 heteroatoms. The van der Waals surface area contributed by atoms with Gasteiger partial charge < -0.3 is 30.3 Å². The van der Waals surface area contributed by atoms with E-state index in [2.05, 4.69) is 15.6 Å². The van der Waals surface area contributed by atoms with Gasteiger partial charge >= 0.3 is 11.9 Å². The number of hydroxylamine groups is 4. The number of carboxylic acids is 1. The fourth-order valence-electron chi connectivity index (χ4n) is 6.35. The Labute approximate surface area is 327 Å². The van der Waals surface area contributed by atoms with Gasteiger partial charge in [-0.3, -0.25) is 34.4 Å². The topological polar surface area (TPSA) is 245 Å². The minimum Gasteiger partial charge on any atom is -0.507 e. The zero-order valence-corrected chi connectivity index (χ0v) is 32.4. The summed E-state index contributed by atoms with van der Waals surface area (Å²) in [5.74, 6) is -4.99. The number of nitrogens with zero attached hydrogens (tertiary/aromatic N) is 3. The summed E-state index contributed by atoms with van der Waals surface area (Å²) in [6, 6.07) is 3.15. The normalized spacial score (nSPS) is 19.9. The van der Waals surface area contributed by atoms with Gasteiger partial charge in [-0.15, -0.1) is 0 Å². The van der Waals surface area contributed by atoms with Crippen molar-refractivity contribution in [2.24, 2.45) is 10.9 Å². The first-order valence-corrected chi connectivity index (χ1v) is 19.5. The number of phenolic OH excluding ortho intramolecular Hbond substituents is 1. The van der Waals surface area contributed by atoms with E-state index in [1.54, 1.807) is 45.0 Å². The summed E-state index contributed by atoms with van der Waals surface area (Å²) in [7, 11) is 0. The van der Waals surface area contributed by atoms with Crippen molar-refractivity contribution < 1.29 is 58.9 Å². The first kappa shape index (κ1) is 45.4. The Hall–Kier alpha value is -5.03. The number of aliphatic carboxylic acids is 1. The maximum atomic E-state index is 13.7. The molecule has 2 heterocycles. The summed E-state index contributed by atoms with van der Waals surface area (Å²) in [4.78, 5) is 80.4. The second-order valence-corrected chi connectivity index (χ2v) is 14.2. The predicted molar refractivity (Wildman–Crippen MR) is 201 cm³/mol. The van der Waals surface area contributed by atoms with Crippen molar-refractivity contribution in [2.75, 3.05) is 13.1 Å². The maximum Gasteiger partial charge on any atom is 0.328 e. The largest absolute Gasteiger partial charge is 0.507 e. The Bertz CT molecular complexity index is 1570. The number of nitrogens with one attached hydrogen (secondary N) is 2. The Morgan fingerprint density at radius 1 is 1.09 bits per heavy atom. The van der Waals surface area contributed by atoms with Crippen LogP contribution in [0.1, 0.15) is 110 Å². The molecule has 0 unspecified atom stereocenters. The van der Waals surface area contributed by atoms with Gasteiger partial charge in [-0.1, -0.05) is 44.9 Å². The van der Waals surface area contributed by atoms with Crippen molar-refractivity contribution in [1.82, 2.24) is 20.8 Å². The van der Waals surface area contributed by atoms with Gasteiger partial charge in [0.1, 0.15) is 30.0 Å². The highest BCUT2D eigenvalue weighted by Gasteiger charge is 2.38. The number of unbranched alkanes of at least 4 members (excludes halogenated alkanes) is 5. The lowest BCUT2D eigenvalue weighted by Gasteiger charge is -2.27. The number of phenols is 1. The fourth-order valence-corrected chi connectivity index (χ4v) is 6.35. The number of carboxylic acid groups (broad SMARTS) is 1. The van der Waals surface area contributed by atoms with E-state index in [-0.39, 0.29) is 56.8 Å². The molecule has 1 aromatic carbocycles. The zero-order valence-electron chi connectivity index (χ0n) is 32.4. The second-order valence-electron chi connectivity index (χ2n) is 14.2. The molecule has 310 valence electrons. The monoisotopic (exact) mass is 787 g/mol. The number of hydrogen-bond acceptors (Lipinski definition) is 12. The molecular formula is C39H57N5O12. The van der Waals surface area contributed by atoms with Gasteiger partial charge in [0.15, 0.2) is 6.04 Å². The third kappa shape index (κ3) is 14.2. The van der Waals surface area contributed by atoms with Gasteiger partial charge in [0.05, 0.1) is 11.5 Å². The summed E-state index contributed by atoms with van der Waals surface area (Å²) in [6.07, 6.45) is 7.27. The Morgan fingerprint density at radius 3 is 2.54 bits per heavy atom. The van der Waals surface area contributed by atoms with Crippen LogP contribution >= 0.6 is 0 Å². The summed E-state index contributed by atoms with van der Waals surface area (Å²) in [5.41, 5.74) is 0.298. The van der Waals surface area contributed by atoms with Crippen LogP contribution in [0, 0.1) is 5.92 Å². The molecule has 0 aliphatic carbocycles. The summed E-state index contributed by atoms with van der Waals surface area (Å²) in [6.45, 7) is 5.01. The third-order valence-corrected chi connectivity index (χ3v) is 9.76. The number of carbonyl (C=O) groups excluding carboxylic acids is 5. The fraction of sp³-hybridized carbons (Fsp3) is 0.615. The van der Waals surface area contributed by atoms with Gasteiger partial charge in [-0.25, -0.2) is 19.9 Å². The number of allylic oxidation sites excluding steroid dienone is 1. The highest BCUT2D eigenvalue weighted by molar-refractivity contribution is 6.01. The van der Waals surface area contributed by atoms with Crippen molar-refractivity contribution in [3.05, 3.63) is 42.0 Å². The van der Waals surface area contributed by atoms with Crippen molar-refractivity contribution in [3.63, 3.8) is 0 Å². The molecule has 4 amide bonds. The van der Waals surface area contributed by atoms with Crippen LogP contribution in [0.5, 0.6) is 5.75 Å². The lowest BCUT2D eigenvalue weighted by Crippen LogP contribution is -2.51. The number of aliphatic imine (C=N–C) groups is 1. The minimum atomic E-state index is -1.21. The van der Waals surface area contributed by atoms with Crippen molar-refractivity contribution in [2.45, 2.75) is 135 Å². The first-order valence-electron chi connectivity index (χ1n) is 19.5. The molecular weight excluding hydrogens is 730 g/mol. The van der Waals surface area contributed by atoms with Crippen LogP contribution in [0.3, 0.4) is 0 Å². The molecule has 3 rings (SSSR count). The quantitative estimate of drug-likeness (QED) is 0.0325. The first-order chi connectivity index (χ1) is 26.7. The Kier molecular flexibility index (Phi) is 18.7. The third-order valence-electron chi connectivity index (χ3n) is 9.76. The molecule has 6 atom stereocenters. The number of benzene rings is 1. The van der Waals surface area contributed by atoms with Crippen molar-refractivity contribution in [3.8, 4) is 5.75 Å². The maximum absolute atomic E-state index is 13.7. The van der Waals surface area contributed by atoms with Crippen molar-refractivity contribution in [1.29, 1.82) is 0 Å². The van der Waals surface area contributed by atoms with E-state index in [0.29, 0.717) is 47.8 Å². The average Bonchev–Trinajstić information content (AvgIpc) is 3.49. The van der Waals surface area contributed by atoms with Crippen LogP contribution in [0.2, 0.25) is 0 Å². The lowest BCUT2D eigenvalue weighted by molar-refractivity contribution is -0.167. The number of aromatic hydroxyl groups is 1. The number of ether oxygens (including phenoxy) is 2. The van der Waals surface area contributed by atoms with Crippen LogP contribution in [-0.2, 0) is 38.2 Å². The SMILES string of the molecule is CC[C@H](OC(=O)[C@H](CCCCN(O)C(=O)C=CCCCCCCC(=O)O)NC(=O)[C@@H]1N=C(c2ccccc2O)O[C@@H]1C)[C@@H](C)C(=O)N[C@H]1CCCCN(O)C1=O. The Balaban J connectivity index is 1.63. The van der Waals surface area contributed by atoms with Gasteiger partial charge in [-0.2, -0.15) is 0 Å². The van der Waals surface area contributed by atoms with E-state index < -0.39 is 71.8 Å². The molecule has 0 aromatic heterocycles. The average molecular weight is 788 g/mol. The van der Waals surface area contributed by atoms with Crippen LogP contribution in [0.15, 0.2) is 41.4 Å². The van der Waals surface area contributed by atoms with Gasteiger partial charge in [-0.05, 0) is 83.3 Å². The molecule has 6 N–H and O–H groups in total. The van der Waals surface area contributed by atoms with Gasteiger partial charge in [0.2, 0.25) is 17.7 Å². The number of para-hydroxylation sites is 1. The Morgan fingerprint density at radius 2 is 1.82 bits per heavy atom. The number of amides is 4. The van der Waals surface area contributed by atoms with E-state index in [9.17, 15) is 44.3 Å². The van der Waals surface area contributed by atoms with E-state index in [0.717, 1.165) is 19.3 Å². The van der Waals surface area contributed by atoms with E-state index >= 15 is 0 Å². The molecule has 0 radical (unpaired) electrons. The molecule has 2 aliphatic rings. The number of esters is 1. The predicted octanol–water partition coefficient (Wildman–Crippen LogP) is 3.62. The molecule has 1 saturated heterocycles. The molecule has 0 bridgehead atoms. The number of hydrogen-bond donors (Lipinski definition) is 6. The molecule has 17 nitrogen and oxygen atoms in total. The van der Waals surface area contributed by atoms with Crippen LogP contribution in [-0.4, -0.2) is 116 Å². The van der Waals surface area contributed by atoms with Crippen molar-refractivity contribution >= 4 is 41.5 Å². The smallest absolute Gasteiger partial charge is 0.328 e. The molecule has 1 fully saturated rings. The molecule has 56 heavy (non-hydrogen) atoms. The minimum absolute atomic E-state index is 0.0439. The van der Waals surface area contributed by atoms with E-state index in [4.69, 9.17) is 14.6 Å². The lowest BCUT2D eigenvalue weighted by atomic mass is 10.00. The van der Waals surface area contributed by atoms with Crippen LogP contribution < -0.4 is 10.6 Å². The molecule has 0 spiro atoms. The van der Waals surface area contributed by atoms with Crippen LogP contribution in [0.4, 0.5) is 0 Å². The summed E-state index contributed by atoms with van der Waals surface area (Å²) in [5, 5.41) is 45.8. The highest BCUT2D eigenvalue weighted by Crippen LogP contribution is 2.25. The van der Waals surface area contributed by atoms with Gasteiger partial charge in [0.25, 0.3) is 11.8 Å². The standard InChI is InChI=1S/C39H57N5O12/c1-4-31(25(2)35(49)40-28-18-13-16-24-44(54)38(28)51)56-39(52)29(41-36(50)34-26(3)55-37(42-34)27-17-11-12-20-30(27)45)19-14-15-23-43(53)32(46)21-9-7-5-6-8-10-22-33(47)48/h9,11-12,17,20-21,25-26,28-29,31,34,45,53-54H,4-8,10,13-16,18-19,22-24H2,1-3H3,(H,40,49)(H,41,50)(H,47,48)/t25-,26-,28+,29+,31+,34-/m1/s1.